The second-order valence-electron chi connectivity index (χ2n) is 4.66. The van der Waals surface area contributed by atoms with Crippen molar-refractivity contribution in [1.82, 2.24) is 0 Å². The Labute approximate surface area is 70.8 Å². The molecule has 0 aliphatic carbocycles. The number of aliphatic hydroxyl groups excluding tert-OH is 1. The van der Waals surface area contributed by atoms with Crippen molar-refractivity contribution in [3.8, 4) is 0 Å². The van der Waals surface area contributed by atoms with E-state index in [2.05, 4.69) is 41.5 Å². The van der Waals surface area contributed by atoms with E-state index in [4.69, 9.17) is 0 Å². The van der Waals surface area contributed by atoms with E-state index in [1.807, 2.05) is 0 Å². The van der Waals surface area contributed by atoms with E-state index in [1.165, 1.54) is 0 Å². The van der Waals surface area contributed by atoms with Gasteiger partial charge in [0, 0.05) is 0 Å². The first kappa shape index (κ1) is 11.0. The lowest BCUT2D eigenvalue weighted by molar-refractivity contribution is -0.0149. The van der Waals surface area contributed by atoms with Gasteiger partial charge in [0.2, 0.25) is 0 Å². The molecule has 0 spiro atoms. The summed E-state index contributed by atoms with van der Waals surface area (Å²) in [6, 6.07) is 0. The molecule has 0 heterocycles. The molecular weight excluding hydrogens is 136 g/mol. The lowest BCUT2D eigenvalue weighted by atomic mass is 9.73. The van der Waals surface area contributed by atoms with Crippen LogP contribution in [0.4, 0.5) is 0 Å². The average molecular weight is 158 g/mol. The number of hydrogen-bond donors (Lipinski definition) is 1. The van der Waals surface area contributed by atoms with Gasteiger partial charge in [0.1, 0.15) is 0 Å². The summed E-state index contributed by atoms with van der Waals surface area (Å²) in [5.74, 6) is 0.882. The zero-order chi connectivity index (χ0) is 9.23. The molecule has 1 heteroatoms. The monoisotopic (exact) mass is 158 g/mol. The van der Waals surface area contributed by atoms with Crippen molar-refractivity contribution < 1.29 is 5.11 Å². The zero-order valence-corrected chi connectivity index (χ0v) is 8.68. The third-order valence-corrected chi connectivity index (χ3v) is 2.88. The summed E-state index contributed by atoms with van der Waals surface area (Å²) >= 11 is 0. The molecular formula is C10H22O. The highest BCUT2D eigenvalue weighted by molar-refractivity contribution is 4.82. The average Bonchev–Trinajstić information content (AvgIpc) is 1.85. The Bertz CT molecular complexity index is 114. The molecule has 1 atom stereocenters. The predicted molar refractivity (Wildman–Crippen MR) is 49.5 cm³/mol. The lowest BCUT2D eigenvalue weighted by Gasteiger charge is -2.36. The fraction of sp³-hybridized carbons (Fsp3) is 1.00. The minimum Gasteiger partial charge on any atom is -0.392 e. The molecule has 0 saturated heterocycles. The first-order valence-electron chi connectivity index (χ1n) is 4.48. The first-order chi connectivity index (χ1) is 4.80. The lowest BCUT2D eigenvalue weighted by Crippen LogP contribution is -2.37. The number of aliphatic hydroxyl groups is 1. The maximum absolute atomic E-state index is 9.82. The molecule has 0 aliphatic heterocycles. The molecule has 0 aromatic heterocycles. The van der Waals surface area contributed by atoms with E-state index >= 15 is 0 Å². The largest absolute Gasteiger partial charge is 0.392 e. The maximum atomic E-state index is 9.82. The summed E-state index contributed by atoms with van der Waals surface area (Å²) in [7, 11) is 0. The summed E-state index contributed by atoms with van der Waals surface area (Å²) in [6.45, 7) is 12.7. The van der Waals surface area contributed by atoms with E-state index in [0.29, 0.717) is 11.8 Å². The molecule has 0 bridgehead atoms. The van der Waals surface area contributed by atoms with E-state index in [-0.39, 0.29) is 11.5 Å². The van der Waals surface area contributed by atoms with Gasteiger partial charge in [-0.1, -0.05) is 41.5 Å². The third kappa shape index (κ3) is 2.48. The van der Waals surface area contributed by atoms with Crippen LogP contribution in [0.2, 0.25) is 0 Å². The van der Waals surface area contributed by atoms with Crippen LogP contribution in [-0.2, 0) is 0 Å². The van der Waals surface area contributed by atoms with Crippen molar-refractivity contribution in [3.63, 3.8) is 0 Å². The topological polar surface area (TPSA) is 20.2 Å². The molecule has 68 valence electrons. The third-order valence-electron chi connectivity index (χ3n) is 2.88. The van der Waals surface area contributed by atoms with Crippen LogP contribution >= 0.6 is 0 Å². The summed E-state index contributed by atoms with van der Waals surface area (Å²) in [4.78, 5) is 0. The van der Waals surface area contributed by atoms with Gasteiger partial charge in [-0.15, -0.1) is 0 Å². The van der Waals surface area contributed by atoms with Gasteiger partial charge in [0.15, 0.2) is 0 Å². The molecule has 0 amide bonds. The van der Waals surface area contributed by atoms with Gasteiger partial charge in [-0.3, -0.25) is 0 Å². The Hall–Kier alpha value is -0.0400. The predicted octanol–water partition coefficient (Wildman–Crippen LogP) is 2.69. The summed E-state index contributed by atoms with van der Waals surface area (Å²) in [5.41, 5.74) is 0.0359. The summed E-state index contributed by atoms with van der Waals surface area (Å²) < 4.78 is 0. The van der Waals surface area contributed by atoms with Crippen LogP contribution < -0.4 is 0 Å². The van der Waals surface area contributed by atoms with E-state index in [9.17, 15) is 5.11 Å². The molecule has 0 rings (SSSR count). The van der Waals surface area contributed by atoms with Crippen LogP contribution in [0.25, 0.3) is 0 Å². The summed E-state index contributed by atoms with van der Waals surface area (Å²) in [5, 5.41) is 9.82. The van der Waals surface area contributed by atoms with Gasteiger partial charge in [0.25, 0.3) is 0 Å². The van der Waals surface area contributed by atoms with Crippen LogP contribution in [0.15, 0.2) is 0 Å². The molecule has 0 fully saturated rings. The highest BCUT2D eigenvalue weighted by Crippen LogP contribution is 2.33. The molecule has 11 heavy (non-hydrogen) atoms. The minimum absolute atomic E-state index is 0.0359. The highest BCUT2D eigenvalue weighted by Gasteiger charge is 2.32. The standard InChI is InChI=1S/C10H22O/c1-7(2)9(11)10(5,6)8(3)4/h7-9,11H,1-6H3. The fourth-order valence-corrected chi connectivity index (χ4v) is 1.20. The van der Waals surface area contributed by atoms with E-state index in [0.717, 1.165) is 0 Å². The first-order valence-corrected chi connectivity index (χ1v) is 4.48. The normalized spacial score (nSPS) is 16.1. The minimum atomic E-state index is -0.192. The smallest absolute Gasteiger partial charge is 0.0616 e. The van der Waals surface area contributed by atoms with E-state index in [1.54, 1.807) is 0 Å². The molecule has 1 unspecified atom stereocenters. The molecule has 0 aromatic carbocycles. The molecule has 0 radical (unpaired) electrons. The highest BCUT2D eigenvalue weighted by atomic mass is 16.3. The Morgan fingerprint density at radius 3 is 1.45 bits per heavy atom. The Balaban J connectivity index is 4.29. The molecule has 1 nitrogen and oxygen atoms in total. The number of hydrogen-bond acceptors (Lipinski definition) is 1. The van der Waals surface area contributed by atoms with Crippen molar-refractivity contribution in [3.05, 3.63) is 0 Å². The van der Waals surface area contributed by atoms with Gasteiger partial charge in [-0.2, -0.15) is 0 Å². The van der Waals surface area contributed by atoms with Crippen molar-refractivity contribution in [2.75, 3.05) is 0 Å². The number of rotatable bonds is 3. The van der Waals surface area contributed by atoms with Crippen LogP contribution in [-0.4, -0.2) is 11.2 Å². The van der Waals surface area contributed by atoms with Gasteiger partial charge in [-0.25, -0.2) is 0 Å². The summed E-state index contributed by atoms with van der Waals surface area (Å²) in [6.07, 6.45) is -0.192. The Kier molecular flexibility index (Phi) is 3.56. The van der Waals surface area contributed by atoms with Gasteiger partial charge >= 0.3 is 0 Å². The second kappa shape index (κ2) is 3.57. The van der Waals surface area contributed by atoms with Gasteiger partial charge in [-0.05, 0) is 17.3 Å². The zero-order valence-electron chi connectivity index (χ0n) is 8.68. The van der Waals surface area contributed by atoms with Crippen LogP contribution in [0.3, 0.4) is 0 Å². The maximum Gasteiger partial charge on any atom is 0.0616 e. The fourth-order valence-electron chi connectivity index (χ4n) is 1.20. The molecule has 1 N–H and O–H groups in total. The van der Waals surface area contributed by atoms with Crippen molar-refractivity contribution in [2.45, 2.75) is 47.6 Å². The molecule has 0 saturated carbocycles. The Morgan fingerprint density at radius 1 is 1.00 bits per heavy atom. The van der Waals surface area contributed by atoms with Gasteiger partial charge in [0.05, 0.1) is 6.10 Å². The molecule has 0 aliphatic rings. The van der Waals surface area contributed by atoms with Crippen LogP contribution in [0.1, 0.15) is 41.5 Å². The SMILES string of the molecule is CC(C)C(O)C(C)(C)C(C)C. The van der Waals surface area contributed by atoms with Crippen molar-refractivity contribution >= 4 is 0 Å². The quantitative estimate of drug-likeness (QED) is 0.669. The van der Waals surface area contributed by atoms with E-state index < -0.39 is 0 Å². The van der Waals surface area contributed by atoms with Crippen LogP contribution in [0.5, 0.6) is 0 Å². The second-order valence-corrected chi connectivity index (χ2v) is 4.66. The van der Waals surface area contributed by atoms with Crippen molar-refractivity contribution in [1.29, 1.82) is 0 Å². The molecule has 0 aromatic rings. The van der Waals surface area contributed by atoms with Crippen molar-refractivity contribution in [2.24, 2.45) is 17.3 Å². The van der Waals surface area contributed by atoms with Crippen LogP contribution in [0, 0.1) is 17.3 Å². The van der Waals surface area contributed by atoms with Gasteiger partial charge < -0.3 is 5.11 Å². The Morgan fingerprint density at radius 2 is 1.36 bits per heavy atom.